The first-order valence-corrected chi connectivity index (χ1v) is 15.5. The van der Waals surface area contributed by atoms with Crippen LogP contribution in [0.3, 0.4) is 0 Å². The molecular formula is C19H44O3Si2. The molecule has 0 fully saturated rings. The van der Waals surface area contributed by atoms with E-state index < -0.39 is 8.32 Å². The Kier molecular flexibility index (Phi) is 18.4. The lowest BCUT2D eigenvalue weighted by Crippen LogP contribution is -2.49. The molecule has 146 valence electrons. The standard InChI is InChI=1S/C19H44O3Si2/c1-5-6-7-8-9-10-11-12-13-14-15-16-17-18-19-23-24(20-2,21-3)22-4/h5-19,23H2,1-4H3. The zero-order valence-corrected chi connectivity index (χ0v) is 19.5. The van der Waals surface area contributed by atoms with Gasteiger partial charge in [-0.05, 0) is 0 Å². The molecule has 0 aliphatic rings. The average Bonchev–Trinajstić information content (AvgIpc) is 2.62. The van der Waals surface area contributed by atoms with E-state index in [2.05, 4.69) is 6.92 Å². The Morgan fingerprint density at radius 1 is 0.542 bits per heavy atom. The Balaban J connectivity index is 3.23. The van der Waals surface area contributed by atoms with Gasteiger partial charge in [0.2, 0.25) is 0 Å². The van der Waals surface area contributed by atoms with Gasteiger partial charge in [0, 0.05) is 21.3 Å². The fourth-order valence-corrected chi connectivity index (χ4v) is 9.30. The third-order valence-electron chi connectivity index (χ3n) is 5.02. The minimum atomic E-state index is -2.18. The van der Waals surface area contributed by atoms with Gasteiger partial charge in [-0.25, -0.2) is 0 Å². The second-order valence-corrected chi connectivity index (χ2v) is 14.9. The van der Waals surface area contributed by atoms with Gasteiger partial charge in [-0.2, -0.15) is 0 Å². The van der Waals surface area contributed by atoms with Crippen LogP contribution in [0.1, 0.15) is 96.8 Å². The molecule has 0 aromatic carbocycles. The molecule has 0 spiro atoms. The smallest absolute Gasteiger partial charge is 0.380 e. The van der Waals surface area contributed by atoms with E-state index in [0.717, 1.165) is 0 Å². The summed E-state index contributed by atoms with van der Waals surface area (Å²) in [5.74, 6) is 0. The van der Waals surface area contributed by atoms with Crippen molar-refractivity contribution in [1.82, 2.24) is 0 Å². The Hall–Kier alpha value is 0.314. The summed E-state index contributed by atoms with van der Waals surface area (Å²) in [7, 11) is 2.65. The van der Waals surface area contributed by atoms with E-state index in [1.807, 2.05) is 0 Å². The fraction of sp³-hybridized carbons (Fsp3) is 1.00. The van der Waals surface area contributed by atoms with E-state index in [4.69, 9.17) is 13.3 Å². The lowest BCUT2D eigenvalue weighted by atomic mass is 10.0. The maximum Gasteiger partial charge on any atom is 0.461 e. The predicted molar refractivity (Wildman–Crippen MR) is 110 cm³/mol. The van der Waals surface area contributed by atoms with E-state index in [-0.39, 0.29) is 9.04 Å². The Labute approximate surface area is 155 Å². The Bertz CT molecular complexity index is 241. The molecule has 0 rings (SSSR count). The van der Waals surface area contributed by atoms with Crippen LogP contribution in [0.15, 0.2) is 0 Å². The molecule has 0 saturated heterocycles. The molecule has 0 N–H and O–H groups in total. The van der Waals surface area contributed by atoms with Crippen molar-refractivity contribution in [3.63, 3.8) is 0 Å². The second-order valence-electron chi connectivity index (χ2n) is 7.00. The lowest BCUT2D eigenvalue weighted by molar-refractivity contribution is 0.148. The summed E-state index contributed by atoms with van der Waals surface area (Å²) < 4.78 is 16.5. The SMILES string of the molecule is CCCCCCCCCCCCCCCC[SiH2][Si](OC)(OC)OC. The molecule has 24 heavy (non-hydrogen) atoms. The molecule has 0 bridgehead atoms. The van der Waals surface area contributed by atoms with Crippen molar-refractivity contribution in [3.8, 4) is 0 Å². The third kappa shape index (κ3) is 13.6. The summed E-state index contributed by atoms with van der Waals surface area (Å²) in [5, 5.41) is 0. The van der Waals surface area contributed by atoms with E-state index in [9.17, 15) is 0 Å². The van der Waals surface area contributed by atoms with Crippen molar-refractivity contribution in [2.75, 3.05) is 21.3 Å². The summed E-state index contributed by atoms with van der Waals surface area (Å²) in [6, 6.07) is 1.29. The van der Waals surface area contributed by atoms with Crippen molar-refractivity contribution in [2.45, 2.75) is 103 Å². The highest BCUT2D eigenvalue weighted by molar-refractivity contribution is 7.14. The van der Waals surface area contributed by atoms with Crippen LogP contribution < -0.4 is 0 Å². The zero-order valence-electron chi connectivity index (χ0n) is 17.0. The molecular weight excluding hydrogens is 332 g/mol. The van der Waals surface area contributed by atoms with Crippen LogP contribution in [0.25, 0.3) is 0 Å². The second kappa shape index (κ2) is 18.1. The quantitative estimate of drug-likeness (QED) is 0.222. The van der Waals surface area contributed by atoms with Gasteiger partial charge in [0.1, 0.15) is 9.04 Å². The van der Waals surface area contributed by atoms with Gasteiger partial charge >= 0.3 is 8.32 Å². The van der Waals surface area contributed by atoms with Crippen molar-refractivity contribution >= 4 is 17.4 Å². The maximum absolute atomic E-state index is 5.51. The molecule has 0 unspecified atom stereocenters. The highest BCUT2D eigenvalue weighted by Gasteiger charge is 2.36. The first-order chi connectivity index (χ1) is 11.7. The monoisotopic (exact) mass is 376 g/mol. The van der Waals surface area contributed by atoms with Crippen LogP contribution >= 0.6 is 0 Å². The minimum absolute atomic E-state index is 0.371. The highest BCUT2D eigenvalue weighted by atomic mass is 29.2. The van der Waals surface area contributed by atoms with Crippen molar-refractivity contribution in [1.29, 1.82) is 0 Å². The van der Waals surface area contributed by atoms with E-state index >= 15 is 0 Å². The fourth-order valence-electron chi connectivity index (χ4n) is 3.27. The van der Waals surface area contributed by atoms with Gasteiger partial charge in [0.15, 0.2) is 0 Å². The average molecular weight is 377 g/mol. The van der Waals surface area contributed by atoms with Gasteiger partial charge < -0.3 is 13.3 Å². The molecule has 0 radical (unpaired) electrons. The Morgan fingerprint density at radius 2 is 0.875 bits per heavy atom. The topological polar surface area (TPSA) is 27.7 Å². The van der Waals surface area contributed by atoms with Crippen LogP contribution in [-0.2, 0) is 13.3 Å². The molecule has 0 aromatic rings. The van der Waals surface area contributed by atoms with Crippen molar-refractivity contribution in [3.05, 3.63) is 0 Å². The lowest BCUT2D eigenvalue weighted by Gasteiger charge is -2.24. The molecule has 0 atom stereocenters. The zero-order chi connectivity index (χ0) is 17.9. The van der Waals surface area contributed by atoms with Crippen LogP contribution in [0.5, 0.6) is 0 Å². The molecule has 0 aromatic heterocycles. The molecule has 0 aliphatic heterocycles. The van der Waals surface area contributed by atoms with Crippen LogP contribution in [0.4, 0.5) is 0 Å². The molecule has 3 nitrogen and oxygen atoms in total. The summed E-state index contributed by atoms with van der Waals surface area (Å²) in [4.78, 5) is 0. The number of rotatable bonds is 19. The first-order valence-electron chi connectivity index (χ1n) is 10.4. The normalized spacial score (nSPS) is 12.5. The largest absolute Gasteiger partial charge is 0.461 e. The van der Waals surface area contributed by atoms with Crippen LogP contribution in [0.2, 0.25) is 6.04 Å². The van der Waals surface area contributed by atoms with Crippen molar-refractivity contribution in [2.24, 2.45) is 0 Å². The van der Waals surface area contributed by atoms with E-state index in [0.29, 0.717) is 0 Å². The molecule has 0 heterocycles. The maximum atomic E-state index is 5.51. The summed E-state index contributed by atoms with van der Waals surface area (Å²) in [6.07, 6.45) is 19.9. The van der Waals surface area contributed by atoms with Gasteiger partial charge in [0.05, 0.1) is 0 Å². The third-order valence-corrected chi connectivity index (χ3v) is 13.8. The van der Waals surface area contributed by atoms with Gasteiger partial charge in [-0.1, -0.05) is 103 Å². The van der Waals surface area contributed by atoms with E-state index in [1.54, 1.807) is 21.3 Å². The van der Waals surface area contributed by atoms with Crippen molar-refractivity contribution < 1.29 is 13.3 Å². The molecule has 0 saturated carbocycles. The number of hydrogen-bond acceptors (Lipinski definition) is 3. The predicted octanol–water partition coefficient (Wildman–Crippen LogP) is 5.43. The summed E-state index contributed by atoms with van der Waals surface area (Å²) >= 11 is 0. The number of unbranched alkanes of at least 4 members (excludes halogenated alkanes) is 13. The van der Waals surface area contributed by atoms with Gasteiger partial charge in [-0.15, -0.1) is 0 Å². The molecule has 0 amide bonds. The van der Waals surface area contributed by atoms with Crippen LogP contribution in [-0.4, -0.2) is 38.7 Å². The summed E-state index contributed by atoms with van der Waals surface area (Å²) in [6.45, 7) is 2.29. The minimum Gasteiger partial charge on any atom is -0.380 e. The van der Waals surface area contributed by atoms with E-state index in [1.165, 1.54) is 95.9 Å². The van der Waals surface area contributed by atoms with Crippen LogP contribution in [0, 0.1) is 0 Å². The van der Waals surface area contributed by atoms with Gasteiger partial charge in [0.25, 0.3) is 0 Å². The number of hydrogen-bond donors (Lipinski definition) is 0. The Morgan fingerprint density at radius 3 is 1.21 bits per heavy atom. The molecule has 0 aliphatic carbocycles. The highest BCUT2D eigenvalue weighted by Crippen LogP contribution is 2.14. The molecule has 5 heteroatoms. The first kappa shape index (κ1) is 24.3. The summed E-state index contributed by atoms with van der Waals surface area (Å²) in [5.41, 5.74) is 0. The van der Waals surface area contributed by atoms with Gasteiger partial charge in [-0.3, -0.25) is 0 Å².